The predicted molar refractivity (Wildman–Crippen MR) is 110 cm³/mol. The predicted octanol–water partition coefficient (Wildman–Crippen LogP) is 4.01. The number of likely N-dealkylation sites (tertiary alicyclic amines) is 1. The Morgan fingerprint density at radius 1 is 1.26 bits per heavy atom. The summed E-state index contributed by atoms with van der Waals surface area (Å²) in [5.41, 5.74) is 3.74. The molecule has 0 radical (unpaired) electrons. The van der Waals surface area contributed by atoms with Gasteiger partial charge in [-0.2, -0.15) is 5.10 Å². The number of aromatic nitrogens is 4. The van der Waals surface area contributed by atoms with Crippen LogP contribution in [0.2, 0.25) is 0 Å². The first-order valence-electron chi connectivity index (χ1n) is 9.45. The van der Waals surface area contributed by atoms with Crippen LogP contribution in [0.15, 0.2) is 30.6 Å². The van der Waals surface area contributed by atoms with Gasteiger partial charge in [0, 0.05) is 54.1 Å². The molecule has 6 nitrogen and oxygen atoms in total. The lowest BCUT2D eigenvalue weighted by molar-refractivity contribution is 0.198. The summed E-state index contributed by atoms with van der Waals surface area (Å²) >= 11 is 1.65. The minimum atomic E-state index is 0.468. The Hall–Kier alpha value is -2.25. The molecule has 1 saturated heterocycles. The molecule has 3 aromatic rings. The van der Waals surface area contributed by atoms with Crippen LogP contribution in [-0.2, 0) is 13.6 Å². The highest BCUT2D eigenvalue weighted by Gasteiger charge is 2.23. The van der Waals surface area contributed by atoms with E-state index in [1.807, 2.05) is 30.2 Å². The molecule has 1 N–H and O–H groups in total. The number of hydrogen-bond acceptors (Lipinski definition) is 6. The van der Waals surface area contributed by atoms with E-state index in [1.54, 1.807) is 11.3 Å². The number of anilines is 2. The molecule has 1 aliphatic heterocycles. The SMILES string of the molecule is Cc1cnc(Nc2cccc([C@@H]3CCCN(Cc4cnn(C)c4C)C3)n2)s1. The van der Waals surface area contributed by atoms with Crippen LogP contribution in [-0.4, -0.2) is 37.7 Å². The number of rotatable bonds is 5. The van der Waals surface area contributed by atoms with E-state index >= 15 is 0 Å². The summed E-state index contributed by atoms with van der Waals surface area (Å²) in [6.45, 7) is 7.35. The smallest absolute Gasteiger partial charge is 0.188 e. The van der Waals surface area contributed by atoms with Crippen molar-refractivity contribution in [2.45, 2.75) is 39.2 Å². The maximum atomic E-state index is 4.88. The third-order valence-electron chi connectivity index (χ3n) is 5.28. The molecule has 0 aromatic carbocycles. The molecule has 1 atom stereocenters. The normalized spacial score (nSPS) is 18.0. The van der Waals surface area contributed by atoms with Crippen molar-refractivity contribution in [2.24, 2.45) is 7.05 Å². The first-order valence-corrected chi connectivity index (χ1v) is 10.3. The molecule has 4 rings (SSSR count). The molecule has 3 aromatic heterocycles. The van der Waals surface area contributed by atoms with Gasteiger partial charge >= 0.3 is 0 Å². The van der Waals surface area contributed by atoms with Crippen molar-refractivity contribution in [3.63, 3.8) is 0 Å². The molecule has 142 valence electrons. The summed E-state index contributed by atoms with van der Waals surface area (Å²) in [7, 11) is 2.00. The average molecular weight is 383 g/mol. The number of nitrogens with zero attached hydrogens (tertiary/aromatic N) is 5. The van der Waals surface area contributed by atoms with Gasteiger partial charge in [0.2, 0.25) is 0 Å². The quantitative estimate of drug-likeness (QED) is 0.722. The van der Waals surface area contributed by atoms with Gasteiger partial charge in [0.15, 0.2) is 5.13 Å². The fraction of sp³-hybridized carbons (Fsp3) is 0.450. The van der Waals surface area contributed by atoms with E-state index < -0.39 is 0 Å². The summed E-state index contributed by atoms with van der Waals surface area (Å²) in [6.07, 6.45) is 6.28. The average Bonchev–Trinajstić information content (AvgIpc) is 3.22. The summed E-state index contributed by atoms with van der Waals surface area (Å²) in [5, 5.41) is 8.61. The van der Waals surface area contributed by atoms with Crippen molar-refractivity contribution in [1.82, 2.24) is 24.6 Å². The monoisotopic (exact) mass is 382 g/mol. The van der Waals surface area contributed by atoms with E-state index in [9.17, 15) is 0 Å². The third kappa shape index (κ3) is 4.20. The van der Waals surface area contributed by atoms with Crippen LogP contribution in [0.3, 0.4) is 0 Å². The molecular weight excluding hydrogens is 356 g/mol. The van der Waals surface area contributed by atoms with E-state index in [-0.39, 0.29) is 0 Å². The first kappa shape index (κ1) is 18.1. The second kappa shape index (κ2) is 7.78. The second-order valence-electron chi connectivity index (χ2n) is 7.30. The lowest BCUT2D eigenvalue weighted by atomic mass is 9.94. The van der Waals surface area contributed by atoms with E-state index in [4.69, 9.17) is 4.98 Å². The van der Waals surface area contributed by atoms with Crippen molar-refractivity contribution in [3.05, 3.63) is 52.4 Å². The highest BCUT2D eigenvalue weighted by atomic mass is 32.1. The molecule has 0 aliphatic carbocycles. The number of hydrogen-bond donors (Lipinski definition) is 1. The number of nitrogens with one attached hydrogen (secondary N) is 1. The highest BCUT2D eigenvalue weighted by molar-refractivity contribution is 7.15. The Morgan fingerprint density at radius 3 is 2.89 bits per heavy atom. The van der Waals surface area contributed by atoms with Crippen molar-refractivity contribution >= 4 is 22.3 Å². The Bertz CT molecular complexity index is 915. The lowest BCUT2D eigenvalue weighted by Crippen LogP contribution is -2.34. The van der Waals surface area contributed by atoms with Crippen LogP contribution < -0.4 is 5.32 Å². The molecule has 0 saturated carbocycles. The van der Waals surface area contributed by atoms with Gasteiger partial charge in [-0.15, -0.1) is 11.3 Å². The largest absolute Gasteiger partial charge is 0.316 e. The molecular formula is C20H26N6S. The molecule has 7 heteroatoms. The Balaban J connectivity index is 1.44. The Morgan fingerprint density at radius 2 is 2.15 bits per heavy atom. The minimum absolute atomic E-state index is 0.468. The van der Waals surface area contributed by atoms with Crippen molar-refractivity contribution in [1.29, 1.82) is 0 Å². The number of thiazole rings is 1. The number of piperidine rings is 1. The number of aryl methyl sites for hydroxylation is 2. The maximum absolute atomic E-state index is 4.88. The second-order valence-corrected chi connectivity index (χ2v) is 8.54. The van der Waals surface area contributed by atoms with Gasteiger partial charge in [0.25, 0.3) is 0 Å². The van der Waals surface area contributed by atoms with E-state index in [0.29, 0.717) is 5.92 Å². The van der Waals surface area contributed by atoms with Crippen LogP contribution in [0.25, 0.3) is 0 Å². The highest BCUT2D eigenvalue weighted by Crippen LogP contribution is 2.28. The fourth-order valence-electron chi connectivity index (χ4n) is 3.65. The molecule has 1 fully saturated rings. The summed E-state index contributed by atoms with van der Waals surface area (Å²) < 4.78 is 1.95. The van der Waals surface area contributed by atoms with Gasteiger partial charge in [-0.1, -0.05) is 6.07 Å². The van der Waals surface area contributed by atoms with Crippen LogP contribution in [0, 0.1) is 13.8 Å². The molecule has 0 spiro atoms. The van der Waals surface area contributed by atoms with Gasteiger partial charge in [0.1, 0.15) is 5.82 Å². The van der Waals surface area contributed by atoms with E-state index in [2.05, 4.69) is 46.3 Å². The molecule has 0 unspecified atom stereocenters. The minimum Gasteiger partial charge on any atom is -0.316 e. The van der Waals surface area contributed by atoms with Crippen LogP contribution in [0.1, 0.15) is 40.6 Å². The zero-order valence-electron chi connectivity index (χ0n) is 16.1. The lowest BCUT2D eigenvalue weighted by Gasteiger charge is -2.32. The van der Waals surface area contributed by atoms with Crippen molar-refractivity contribution < 1.29 is 0 Å². The summed E-state index contributed by atoms with van der Waals surface area (Å²) in [5.74, 6) is 1.34. The Kier molecular flexibility index (Phi) is 5.22. The van der Waals surface area contributed by atoms with E-state index in [0.717, 1.165) is 30.6 Å². The van der Waals surface area contributed by atoms with Crippen LogP contribution in [0.5, 0.6) is 0 Å². The number of pyridine rings is 1. The van der Waals surface area contributed by atoms with Crippen molar-refractivity contribution in [3.8, 4) is 0 Å². The zero-order chi connectivity index (χ0) is 18.8. The summed E-state index contributed by atoms with van der Waals surface area (Å²) in [6, 6.07) is 6.26. The topological polar surface area (TPSA) is 58.9 Å². The first-order chi connectivity index (χ1) is 13.1. The molecule has 0 bridgehead atoms. The maximum Gasteiger partial charge on any atom is 0.188 e. The fourth-order valence-corrected chi connectivity index (χ4v) is 4.32. The van der Waals surface area contributed by atoms with Gasteiger partial charge in [-0.05, 0) is 45.4 Å². The summed E-state index contributed by atoms with van der Waals surface area (Å²) in [4.78, 5) is 13.0. The zero-order valence-corrected chi connectivity index (χ0v) is 17.0. The van der Waals surface area contributed by atoms with Crippen molar-refractivity contribution in [2.75, 3.05) is 18.4 Å². The molecule has 0 amide bonds. The molecule has 27 heavy (non-hydrogen) atoms. The standard InChI is InChI=1S/C20H26N6S/c1-14-10-21-20(27-14)24-19-8-4-7-18(23-19)16-6-5-9-26(12-16)13-17-11-22-25(3)15(17)2/h4,7-8,10-11,16H,5-6,9,12-13H2,1-3H3,(H,21,23,24)/t16-/m1/s1. The van der Waals surface area contributed by atoms with Crippen LogP contribution >= 0.6 is 11.3 Å². The van der Waals surface area contributed by atoms with Gasteiger partial charge in [-0.3, -0.25) is 9.58 Å². The van der Waals surface area contributed by atoms with Gasteiger partial charge in [-0.25, -0.2) is 9.97 Å². The van der Waals surface area contributed by atoms with Gasteiger partial charge in [0.05, 0.1) is 6.20 Å². The van der Waals surface area contributed by atoms with Crippen LogP contribution in [0.4, 0.5) is 10.9 Å². The Labute approximate surface area is 164 Å². The third-order valence-corrected chi connectivity index (χ3v) is 6.11. The molecule has 1 aliphatic rings. The van der Waals surface area contributed by atoms with E-state index in [1.165, 1.54) is 34.7 Å². The molecule has 4 heterocycles. The van der Waals surface area contributed by atoms with Gasteiger partial charge < -0.3 is 5.32 Å².